The van der Waals surface area contributed by atoms with Crippen molar-refractivity contribution < 1.29 is 0 Å². The van der Waals surface area contributed by atoms with Crippen LogP contribution in [-0.2, 0) is 5.88 Å². The van der Waals surface area contributed by atoms with Crippen molar-refractivity contribution in [3.63, 3.8) is 0 Å². The molecule has 0 spiro atoms. The third-order valence-electron chi connectivity index (χ3n) is 1.88. The Labute approximate surface area is 90.1 Å². The van der Waals surface area contributed by atoms with Gasteiger partial charge in [0, 0.05) is 16.0 Å². The van der Waals surface area contributed by atoms with Crippen molar-refractivity contribution in [1.29, 1.82) is 0 Å². The van der Waals surface area contributed by atoms with Crippen molar-refractivity contribution in [2.75, 3.05) is 5.73 Å². The van der Waals surface area contributed by atoms with Gasteiger partial charge in [-0.1, -0.05) is 17.7 Å². The summed E-state index contributed by atoms with van der Waals surface area (Å²) >= 11 is 13.4. The van der Waals surface area contributed by atoms with Crippen LogP contribution in [0.15, 0.2) is 18.2 Å². The number of halogens is 2. The molecule has 0 bridgehead atoms. The minimum absolute atomic E-state index is 0.435. The molecule has 0 aliphatic heterocycles. The van der Waals surface area contributed by atoms with Crippen molar-refractivity contribution in [2.45, 2.75) is 5.88 Å². The third-order valence-corrected chi connectivity index (χ3v) is 3.54. The van der Waals surface area contributed by atoms with E-state index in [1.54, 1.807) is 0 Å². The van der Waals surface area contributed by atoms with Gasteiger partial charge in [0.25, 0.3) is 0 Å². The average Bonchev–Trinajstić information content (AvgIpc) is 2.47. The molecule has 2 rings (SSSR count). The number of fused-ring (bicyclic) bond motifs is 1. The molecule has 0 fully saturated rings. The Morgan fingerprint density at radius 1 is 1.38 bits per heavy atom. The normalized spacial score (nSPS) is 10.9. The lowest BCUT2D eigenvalue weighted by Crippen LogP contribution is -1.79. The van der Waals surface area contributed by atoms with Crippen molar-refractivity contribution >= 4 is 49.6 Å². The molecule has 0 atom stereocenters. The smallest absolute Gasteiger partial charge is 0.0869 e. The summed E-state index contributed by atoms with van der Waals surface area (Å²) in [6.07, 6.45) is 0. The average molecular weight is 232 g/mol. The van der Waals surface area contributed by atoms with E-state index in [-0.39, 0.29) is 0 Å². The Morgan fingerprint density at radius 3 is 2.85 bits per heavy atom. The first kappa shape index (κ1) is 9.13. The lowest BCUT2D eigenvalue weighted by Gasteiger charge is -1.99. The summed E-state index contributed by atoms with van der Waals surface area (Å²) in [4.78, 5) is 0. The highest BCUT2D eigenvalue weighted by molar-refractivity contribution is 7.22. The Hall–Kier alpha value is -0.440. The second-order valence-electron chi connectivity index (χ2n) is 2.73. The van der Waals surface area contributed by atoms with E-state index in [9.17, 15) is 0 Å². The highest BCUT2D eigenvalue weighted by Gasteiger charge is 2.06. The zero-order chi connectivity index (χ0) is 9.42. The molecule has 2 aromatic rings. The van der Waals surface area contributed by atoms with Gasteiger partial charge in [-0.15, -0.1) is 22.9 Å². The molecular formula is C9H7Cl2NS. The van der Waals surface area contributed by atoms with Gasteiger partial charge in [-0.2, -0.15) is 0 Å². The molecule has 0 aliphatic carbocycles. The number of benzene rings is 1. The monoisotopic (exact) mass is 231 g/mol. The van der Waals surface area contributed by atoms with Crippen LogP contribution in [0.2, 0.25) is 5.02 Å². The number of nitrogen functional groups attached to an aromatic ring is 1. The fourth-order valence-electron chi connectivity index (χ4n) is 1.25. The number of hydrogen-bond acceptors (Lipinski definition) is 2. The second-order valence-corrected chi connectivity index (χ2v) is 4.49. The number of anilines is 1. The van der Waals surface area contributed by atoms with Gasteiger partial charge in [-0.3, -0.25) is 0 Å². The molecule has 0 radical (unpaired) electrons. The molecule has 68 valence electrons. The first-order chi connectivity index (χ1) is 6.22. The molecule has 0 aliphatic rings. The van der Waals surface area contributed by atoms with Crippen LogP contribution in [0.5, 0.6) is 0 Å². The Balaban J connectivity index is 2.78. The van der Waals surface area contributed by atoms with E-state index >= 15 is 0 Å². The zero-order valence-electron chi connectivity index (χ0n) is 6.68. The number of rotatable bonds is 1. The molecule has 1 aromatic carbocycles. The molecule has 1 heterocycles. The zero-order valence-corrected chi connectivity index (χ0v) is 9.01. The largest absolute Gasteiger partial charge is 0.391 e. The van der Waals surface area contributed by atoms with Crippen molar-refractivity contribution in [3.05, 3.63) is 28.8 Å². The first-order valence-corrected chi connectivity index (χ1v) is 5.47. The van der Waals surface area contributed by atoms with E-state index in [2.05, 4.69) is 0 Å². The van der Waals surface area contributed by atoms with Crippen molar-refractivity contribution in [1.82, 2.24) is 0 Å². The number of alkyl halides is 1. The van der Waals surface area contributed by atoms with E-state index in [0.717, 1.165) is 25.7 Å². The molecule has 13 heavy (non-hydrogen) atoms. The lowest BCUT2D eigenvalue weighted by molar-refractivity contribution is 1.43. The molecule has 0 amide bonds. The third kappa shape index (κ3) is 1.50. The molecule has 0 saturated heterocycles. The highest BCUT2D eigenvalue weighted by atomic mass is 35.5. The van der Waals surface area contributed by atoms with Gasteiger partial charge in [-0.25, -0.2) is 0 Å². The van der Waals surface area contributed by atoms with Crippen LogP contribution in [0.3, 0.4) is 0 Å². The van der Waals surface area contributed by atoms with Crippen LogP contribution in [-0.4, -0.2) is 0 Å². The summed E-state index contributed by atoms with van der Waals surface area (Å²) in [6, 6.07) is 5.83. The predicted molar refractivity (Wildman–Crippen MR) is 60.8 cm³/mol. The van der Waals surface area contributed by atoms with Crippen LogP contribution in [0, 0.1) is 0 Å². The van der Waals surface area contributed by atoms with Gasteiger partial charge in [-0.05, 0) is 17.7 Å². The molecule has 0 saturated carbocycles. The quantitative estimate of drug-likeness (QED) is 0.742. The Morgan fingerprint density at radius 2 is 2.15 bits per heavy atom. The SMILES string of the molecule is Nc1cc2c(Cl)c(CCl)ccc2s1. The summed E-state index contributed by atoms with van der Waals surface area (Å²) in [5, 5.41) is 2.51. The summed E-state index contributed by atoms with van der Waals surface area (Å²) in [7, 11) is 0. The molecular weight excluding hydrogens is 225 g/mol. The second kappa shape index (κ2) is 3.37. The van der Waals surface area contributed by atoms with Crippen LogP contribution in [0.25, 0.3) is 10.1 Å². The first-order valence-electron chi connectivity index (χ1n) is 3.74. The molecule has 1 nitrogen and oxygen atoms in total. The minimum atomic E-state index is 0.435. The van der Waals surface area contributed by atoms with E-state index in [1.165, 1.54) is 11.3 Å². The topological polar surface area (TPSA) is 26.0 Å². The van der Waals surface area contributed by atoms with Gasteiger partial charge in [0.1, 0.15) is 0 Å². The van der Waals surface area contributed by atoms with E-state index in [4.69, 9.17) is 28.9 Å². The van der Waals surface area contributed by atoms with E-state index in [0.29, 0.717) is 5.88 Å². The summed E-state index contributed by atoms with van der Waals surface area (Å²) in [5.41, 5.74) is 6.63. The molecule has 1 aromatic heterocycles. The van der Waals surface area contributed by atoms with Crippen LogP contribution < -0.4 is 5.73 Å². The van der Waals surface area contributed by atoms with Gasteiger partial charge in [0.05, 0.1) is 10.0 Å². The van der Waals surface area contributed by atoms with Gasteiger partial charge < -0.3 is 5.73 Å². The lowest BCUT2D eigenvalue weighted by atomic mass is 10.2. The number of thiophene rings is 1. The van der Waals surface area contributed by atoms with Crippen LogP contribution in [0.1, 0.15) is 5.56 Å². The maximum atomic E-state index is 6.12. The van der Waals surface area contributed by atoms with Gasteiger partial charge in [0.15, 0.2) is 0 Å². The Bertz CT molecular complexity index is 450. The Kier molecular flexibility index (Phi) is 2.37. The van der Waals surface area contributed by atoms with E-state index in [1.807, 2.05) is 18.2 Å². The summed E-state index contributed by atoms with van der Waals surface area (Å²) < 4.78 is 1.11. The standard InChI is InChI=1S/C9H7Cl2NS/c10-4-5-1-2-7-6(9(5)11)3-8(12)13-7/h1-3H,4,12H2. The maximum Gasteiger partial charge on any atom is 0.0869 e. The fourth-order valence-corrected chi connectivity index (χ4v) is 2.72. The van der Waals surface area contributed by atoms with Gasteiger partial charge >= 0.3 is 0 Å². The fraction of sp³-hybridized carbons (Fsp3) is 0.111. The minimum Gasteiger partial charge on any atom is -0.391 e. The molecule has 4 heteroatoms. The summed E-state index contributed by atoms with van der Waals surface area (Å²) in [6.45, 7) is 0. The van der Waals surface area contributed by atoms with Crippen molar-refractivity contribution in [3.8, 4) is 0 Å². The summed E-state index contributed by atoms with van der Waals surface area (Å²) in [5.74, 6) is 0.435. The predicted octanol–water partition coefficient (Wildman–Crippen LogP) is 3.88. The highest BCUT2D eigenvalue weighted by Crippen LogP contribution is 2.35. The van der Waals surface area contributed by atoms with Gasteiger partial charge in [0.2, 0.25) is 0 Å². The van der Waals surface area contributed by atoms with Crippen molar-refractivity contribution in [2.24, 2.45) is 0 Å². The van der Waals surface area contributed by atoms with Crippen LogP contribution >= 0.6 is 34.5 Å². The number of hydrogen-bond donors (Lipinski definition) is 1. The molecule has 0 unspecified atom stereocenters. The maximum absolute atomic E-state index is 6.12. The molecule has 2 N–H and O–H groups in total. The van der Waals surface area contributed by atoms with Crippen LogP contribution in [0.4, 0.5) is 5.00 Å². The number of nitrogens with two attached hydrogens (primary N) is 1. The van der Waals surface area contributed by atoms with E-state index < -0.39 is 0 Å².